The lowest BCUT2D eigenvalue weighted by Crippen LogP contribution is -2.40. The summed E-state index contributed by atoms with van der Waals surface area (Å²) in [5.41, 5.74) is 1.49. The van der Waals surface area contributed by atoms with Crippen LogP contribution in [0.1, 0.15) is 45.6 Å². The number of hydrogen-bond acceptors (Lipinski definition) is 2. The molecule has 0 spiro atoms. The van der Waals surface area contributed by atoms with Crippen molar-refractivity contribution in [2.24, 2.45) is 4.99 Å². The smallest absolute Gasteiger partial charge is 0.221 e. The zero-order valence-corrected chi connectivity index (χ0v) is 16.9. The number of amides is 1. The molecule has 2 rings (SSSR count). The Morgan fingerprint density at radius 2 is 2.00 bits per heavy atom. The molecule has 1 aliphatic rings. The molecule has 1 aromatic rings. The molecule has 1 aromatic carbocycles. The van der Waals surface area contributed by atoms with Crippen LogP contribution in [0.15, 0.2) is 33.7 Å². The van der Waals surface area contributed by atoms with E-state index in [0.29, 0.717) is 13.0 Å². The van der Waals surface area contributed by atoms with Crippen molar-refractivity contribution in [2.75, 3.05) is 19.6 Å². The van der Waals surface area contributed by atoms with E-state index in [4.69, 9.17) is 4.99 Å². The van der Waals surface area contributed by atoms with Crippen LogP contribution >= 0.6 is 15.9 Å². The second-order valence-corrected chi connectivity index (χ2v) is 7.71. The van der Waals surface area contributed by atoms with Crippen molar-refractivity contribution >= 4 is 27.8 Å². The first-order chi connectivity index (χ1) is 12.0. The fraction of sp³-hybridized carbons (Fsp3) is 0.579. The molecule has 138 valence electrons. The summed E-state index contributed by atoms with van der Waals surface area (Å²) < 4.78 is 1.16. The third-order valence-electron chi connectivity index (χ3n) is 4.28. The van der Waals surface area contributed by atoms with E-state index in [2.05, 4.69) is 50.1 Å². The van der Waals surface area contributed by atoms with Crippen molar-refractivity contribution in [1.82, 2.24) is 16.0 Å². The minimum Gasteiger partial charge on any atom is -0.357 e. The molecule has 0 saturated heterocycles. The Hall–Kier alpha value is -1.56. The van der Waals surface area contributed by atoms with Gasteiger partial charge in [0.25, 0.3) is 0 Å². The second-order valence-electron chi connectivity index (χ2n) is 6.85. The molecule has 0 heterocycles. The van der Waals surface area contributed by atoms with Crippen molar-refractivity contribution in [1.29, 1.82) is 0 Å². The van der Waals surface area contributed by atoms with Gasteiger partial charge in [0.2, 0.25) is 5.91 Å². The summed E-state index contributed by atoms with van der Waals surface area (Å²) in [4.78, 5) is 16.5. The van der Waals surface area contributed by atoms with E-state index in [0.717, 1.165) is 36.4 Å². The van der Waals surface area contributed by atoms with Gasteiger partial charge in [-0.2, -0.15) is 0 Å². The molecule has 0 aromatic heterocycles. The predicted octanol–water partition coefficient (Wildman–Crippen LogP) is 2.95. The Kier molecular flexibility index (Phi) is 7.29. The first kappa shape index (κ1) is 19.8. The van der Waals surface area contributed by atoms with Crippen LogP contribution in [0.4, 0.5) is 0 Å². The lowest BCUT2D eigenvalue weighted by molar-refractivity contribution is -0.121. The van der Waals surface area contributed by atoms with Crippen molar-refractivity contribution in [2.45, 2.75) is 51.5 Å². The summed E-state index contributed by atoms with van der Waals surface area (Å²) in [5.74, 6) is 0.836. The average molecular weight is 409 g/mol. The van der Waals surface area contributed by atoms with Gasteiger partial charge in [-0.05, 0) is 45.2 Å². The first-order valence-electron chi connectivity index (χ1n) is 9.03. The number of benzene rings is 1. The molecule has 1 saturated carbocycles. The molecule has 0 radical (unpaired) electrons. The molecule has 5 nitrogen and oxygen atoms in total. The predicted molar refractivity (Wildman–Crippen MR) is 107 cm³/mol. The van der Waals surface area contributed by atoms with E-state index in [-0.39, 0.29) is 17.4 Å². The van der Waals surface area contributed by atoms with Crippen LogP contribution < -0.4 is 16.0 Å². The summed E-state index contributed by atoms with van der Waals surface area (Å²) in [6, 6.07) is 8.58. The monoisotopic (exact) mass is 408 g/mol. The number of carbonyl (C=O) groups excluding carboxylic acids is 1. The van der Waals surface area contributed by atoms with E-state index in [1.807, 2.05) is 26.8 Å². The fourth-order valence-electron chi connectivity index (χ4n) is 2.82. The van der Waals surface area contributed by atoms with Crippen LogP contribution in [0.25, 0.3) is 0 Å². The standard InChI is InChI=1S/C19H29BrN4O/c1-4-21-18(22-12-9-17(25)24-14(2)3)23-13-19(10-11-19)15-7-5-6-8-16(15)20/h5-8,14H,4,9-13H2,1-3H3,(H,24,25)(H2,21,22,23). The number of hydrogen-bond donors (Lipinski definition) is 3. The number of halogens is 1. The second kappa shape index (κ2) is 9.22. The number of carbonyl (C=O) groups is 1. The lowest BCUT2D eigenvalue weighted by Gasteiger charge is -2.17. The third-order valence-corrected chi connectivity index (χ3v) is 4.97. The Balaban J connectivity index is 1.91. The number of nitrogens with zero attached hydrogens (tertiary/aromatic N) is 1. The maximum absolute atomic E-state index is 11.7. The molecule has 0 unspecified atom stereocenters. The largest absolute Gasteiger partial charge is 0.357 e. The van der Waals surface area contributed by atoms with E-state index >= 15 is 0 Å². The van der Waals surface area contributed by atoms with E-state index in [9.17, 15) is 4.79 Å². The van der Waals surface area contributed by atoms with Crippen molar-refractivity contribution < 1.29 is 4.79 Å². The van der Waals surface area contributed by atoms with Gasteiger partial charge in [0.05, 0.1) is 6.54 Å². The van der Waals surface area contributed by atoms with Crippen molar-refractivity contribution in [3.63, 3.8) is 0 Å². The molecule has 25 heavy (non-hydrogen) atoms. The molecule has 1 fully saturated rings. The Morgan fingerprint density at radius 1 is 1.28 bits per heavy atom. The quantitative estimate of drug-likeness (QED) is 0.457. The summed E-state index contributed by atoms with van der Waals surface area (Å²) in [6.07, 6.45) is 2.77. The van der Waals surface area contributed by atoms with Gasteiger partial charge >= 0.3 is 0 Å². The molecular weight excluding hydrogens is 380 g/mol. The van der Waals surface area contributed by atoms with Crippen LogP contribution in [0, 0.1) is 0 Å². The van der Waals surface area contributed by atoms with Crippen molar-refractivity contribution in [3.05, 3.63) is 34.3 Å². The molecule has 0 atom stereocenters. The maximum Gasteiger partial charge on any atom is 0.221 e. The highest BCUT2D eigenvalue weighted by Crippen LogP contribution is 2.50. The number of guanidine groups is 1. The third kappa shape index (κ3) is 6.03. The fourth-order valence-corrected chi connectivity index (χ4v) is 3.52. The minimum atomic E-state index is 0.0604. The highest BCUT2D eigenvalue weighted by Gasteiger charge is 2.45. The summed E-state index contributed by atoms with van der Waals surface area (Å²) in [5, 5.41) is 9.41. The molecule has 1 amide bonds. The maximum atomic E-state index is 11.7. The summed E-state index contributed by atoms with van der Waals surface area (Å²) in [7, 11) is 0. The van der Waals surface area contributed by atoms with Crippen LogP contribution in [-0.4, -0.2) is 37.5 Å². The van der Waals surface area contributed by atoms with Crippen LogP contribution in [0.5, 0.6) is 0 Å². The van der Waals surface area contributed by atoms with Gasteiger partial charge in [-0.15, -0.1) is 0 Å². The number of aliphatic imine (C=N–C) groups is 1. The number of nitrogens with one attached hydrogen (secondary N) is 3. The first-order valence-corrected chi connectivity index (χ1v) is 9.83. The summed E-state index contributed by atoms with van der Waals surface area (Å²) in [6.45, 7) is 8.10. The Morgan fingerprint density at radius 3 is 2.60 bits per heavy atom. The van der Waals surface area contributed by atoms with Crippen LogP contribution in [0.2, 0.25) is 0 Å². The van der Waals surface area contributed by atoms with Gasteiger partial charge < -0.3 is 16.0 Å². The van der Waals surface area contributed by atoms with Gasteiger partial charge in [0, 0.05) is 35.4 Å². The van der Waals surface area contributed by atoms with Gasteiger partial charge in [-0.3, -0.25) is 9.79 Å². The normalized spacial score (nSPS) is 15.8. The summed E-state index contributed by atoms with van der Waals surface area (Å²) >= 11 is 3.66. The topological polar surface area (TPSA) is 65.5 Å². The molecular formula is C19H29BrN4O. The zero-order chi connectivity index (χ0) is 18.3. The average Bonchev–Trinajstić information content (AvgIpc) is 3.33. The zero-order valence-electron chi connectivity index (χ0n) is 15.4. The molecule has 1 aliphatic carbocycles. The van der Waals surface area contributed by atoms with Gasteiger partial charge in [-0.1, -0.05) is 34.1 Å². The Bertz CT molecular complexity index is 611. The van der Waals surface area contributed by atoms with Gasteiger partial charge in [0.15, 0.2) is 5.96 Å². The molecule has 3 N–H and O–H groups in total. The van der Waals surface area contributed by atoms with Crippen LogP contribution in [0.3, 0.4) is 0 Å². The minimum absolute atomic E-state index is 0.0604. The molecule has 0 aliphatic heterocycles. The van der Waals surface area contributed by atoms with Crippen LogP contribution in [-0.2, 0) is 10.2 Å². The van der Waals surface area contributed by atoms with E-state index < -0.39 is 0 Å². The molecule has 6 heteroatoms. The molecule has 0 bridgehead atoms. The highest BCUT2D eigenvalue weighted by molar-refractivity contribution is 9.10. The van der Waals surface area contributed by atoms with E-state index in [1.54, 1.807) is 0 Å². The van der Waals surface area contributed by atoms with E-state index in [1.165, 1.54) is 5.56 Å². The SMILES string of the molecule is CCNC(=NCC1(c2ccccc2Br)CC1)NCCC(=O)NC(C)C. The lowest BCUT2D eigenvalue weighted by atomic mass is 9.96. The van der Waals surface area contributed by atoms with Gasteiger partial charge in [0.1, 0.15) is 0 Å². The Labute approximate surface area is 159 Å². The van der Waals surface area contributed by atoms with Crippen molar-refractivity contribution in [3.8, 4) is 0 Å². The van der Waals surface area contributed by atoms with Gasteiger partial charge in [-0.25, -0.2) is 0 Å². The number of rotatable bonds is 8. The highest BCUT2D eigenvalue weighted by atomic mass is 79.9.